The Bertz CT molecular complexity index is 210. The third kappa shape index (κ3) is 1.31. The lowest BCUT2D eigenvalue weighted by Crippen LogP contribution is -2.24. The number of Topliss-reactive ketones (excluding diaryl/α,β-unsaturated/α-hetero) is 1. The number of nitrogens with zero attached hydrogens (tertiary/aromatic N) is 1. The van der Waals surface area contributed by atoms with E-state index in [9.17, 15) is 9.59 Å². The first kappa shape index (κ1) is 7.98. The van der Waals surface area contributed by atoms with Crippen molar-refractivity contribution < 1.29 is 9.59 Å². The molecular weight excluding hydrogens is 142 g/mol. The number of ketones is 1. The van der Waals surface area contributed by atoms with Gasteiger partial charge in [0.05, 0.1) is 5.92 Å². The second-order valence-corrected chi connectivity index (χ2v) is 2.67. The van der Waals surface area contributed by atoms with Crippen molar-refractivity contribution in [3.8, 4) is 0 Å². The maximum atomic E-state index is 11.2. The van der Waals surface area contributed by atoms with Gasteiger partial charge in [-0.2, -0.15) is 0 Å². The van der Waals surface area contributed by atoms with E-state index in [-0.39, 0.29) is 11.7 Å². The Morgan fingerprint density at radius 3 is 2.73 bits per heavy atom. The zero-order chi connectivity index (χ0) is 8.43. The fraction of sp³-hybridized carbons (Fsp3) is 0.500. The van der Waals surface area contributed by atoms with Crippen molar-refractivity contribution >= 4 is 11.7 Å². The minimum Gasteiger partial charge on any atom is -0.319 e. The molecule has 0 radical (unpaired) electrons. The molecule has 60 valence electrons. The van der Waals surface area contributed by atoms with Crippen LogP contribution >= 0.6 is 0 Å². The van der Waals surface area contributed by atoms with Gasteiger partial charge in [0.2, 0.25) is 5.91 Å². The van der Waals surface area contributed by atoms with Gasteiger partial charge < -0.3 is 4.90 Å². The van der Waals surface area contributed by atoms with Gasteiger partial charge in [-0.05, 0) is 19.5 Å². The number of likely N-dealkylation sites (tertiary alicyclic amines) is 1. The Labute approximate surface area is 65.7 Å². The van der Waals surface area contributed by atoms with Crippen molar-refractivity contribution in [2.45, 2.75) is 13.3 Å². The minimum atomic E-state index is -0.409. The van der Waals surface area contributed by atoms with Gasteiger partial charge in [0.1, 0.15) is 5.78 Å². The fourth-order valence-electron chi connectivity index (χ4n) is 1.26. The van der Waals surface area contributed by atoms with Gasteiger partial charge in [-0.3, -0.25) is 9.59 Å². The highest BCUT2D eigenvalue weighted by atomic mass is 16.2. The summed E-state index contributed by atoms with van der Waals surface area (Å²) in [5.74, 6) is -0.556. The molecule has 1 heterocycles. The van der Waals surface area contributed by atoms with E-state index in [0.717, 1.165) is 0 Å². The monoisotopic (exact) mass is 153 g/mol. The van der Waals surface area contributed by atoms with E-state index in [4.69, 9.17) is 0 Å². The highest BCUT2D eigenvalue weighted by Gasteiger charge is 2.32. The smallest absolute Gasteiger partial charge is 0.237 e. The molecule has 1 aliphatic heterocycles. The van der Waals surface area contributed by atoms with Crippen LogP contribution in [0.2, 0.25) is 0 Å². The zero-order valence-electron chi connectivity index (χ0n) is 6.54. The van der Waals surface area contributed by atoms with Gasteiger partial charge >= 0.3 is 0 Å². The van der Waals surface area contributed by atoms with Crippen molar-refractivity contribution in [2.75, 3.05) is 6.54 Å². The molecule has 3 nitrogen and oxygen atoms in total. The molecule has 11 heavy (non-hydrogen) atoms. The normalized spacial score (nSPS) is 23.9. The van der Waals surface area contributed by atoms with Crippen LogP contribution < -0.4 is 0 Å². The summed E-state index contributed by atoms with van der Waals surface area (Å²) in [6, 6.07) is 0. The van der Waals surface area contributed by atoms with Gasteiger partial charge in [-0.15, -0.1) is 0 Å². The molecule has 0 N–H and O–H groups in total. The summed E-state index contributed by atoms with van der Waals surface area (Å²) in [7, 11) is 0. The van der Waals surface area contributed by atoms with Crippen molar-refractivity contribution in [2.24, 2.45) is 5.92 Å². The molecule has 1 unspecified atom stereocenters. The van der Waals surface area contributed by atoms with Gasteiger partial charge in [0, 0.05) is 6.54 Å². The summed E-state index contributed by atoms with van der Waals surface area (Å²) in [5, 5.41) is 0. The predicted molar refractivity (Wildman–Crippen MR) is 40.7 cm³/mol. The molecule has 0 saturated carbocycles. The number of rotatable bonds is 2. The topological polar surface area (TPSA) is 37.4 Å². The SMILES string of the molecule is C=CN1CCC(C(C)=O)C1=O. The molecule has 1 saturated heterocycles. The van der Waals surface area contributed by atoms with Gasteiger partial charge in [-0.1, -0.05) is 6.58 Å². The third-order valence-corrected chi connectivity index (χ3v) is 1.95. The summed E-state index contributed by atoms with van der Waals surface area (Å²) in [4.78, 5) is 23.5. The highest BCUT2D eigenvalue weighted by Crippen LogP contribution is 2.18. The van der Waals surface area contributed by atoms with E-state index in [1.165, 1.54) is 18.0 Å². The second kappa shape index (κ2) is 2.86. The average molecular weight is 153 g/mol. The molecule has 0 aliphatic carbocycles. The largest absolute Gasteiger partial charge is 0.319 e. The molecule has 1 aliphatic rings. The van der Waals surface area contributed by atoms with Crippen LogP contribution in [0.1, 0.15) is 13.3 Å². The lowest BCUT2D eigenvalue weighted by Gasteiger charge is -2.08. The average Bonchev–Trinajstić information content (AvgIpc) is 2.30. The van der Waals surface area contributed by atoms with Crippen LogP contribution in [0.25, 0.3) is 0 Å². The second-order valence-electron chi connectivity index (χ2n) is 2.67. The van der Waals surface area contributed by atoms with E-state index >= 15 is 0 Å². The molecule has 0 spiro atoms. The Morgan fingerprint density at radius 1 is 1.82 bits per heavy atom. The van der Waals surface area contributed by atoms with Crippen LogP contribution in [0.5, 0.6) is 0 Å². The molecular formula is C8H11NO2. The number of carbonyl (C=O) groups excluding carboxylic acids is 2. The number of hydrogen-bond acceptors (Lipinski definition) is 2. The summed E-state index contributed by atoms with van der Waals surface area (Å²) < 4.78 is 0. The summed E-state index contributed by atoms with van der Waals surface area (Å²) in [6.45, 7) is 5.57. The van der Waals surface area contributed by atoms with E-state index in [1.54, 1.807) is 0 Å². The number of carbonyl (C=O) groups is 2. The van der Waals surface area contributed by atoms with Crippen LogP contribution in [0.3, 0.4) is 0 Å². The van der Waals surface area contributed by atoms with Crippen LogP contribution in [0.15, 0.2) is 12.8 Å². The molecule has 0 bridgehead atoms. The maximum Gasteiger partial charge on any atom is 0.237 e. The van der Waals surface area contributed by atoms with Gasteiger partial charge in [-0.25, -0.2) is 0 Å². The van der Waals surface area contributed by atoms with E-state index in [2.05, 4.69) is 6.58 Å². The van der Waals surface area contributed by atoms with Crippen LogP contribution in [0, 0.1) is 5.92 Å². The molecule has 1 amide bonds. The summed E-state index contributed by atoms with van der Waals surface area (Å²) >= 11 is 0. The number of amides is 1. The van der Waals surface area contributed by atoms with Gasteiger partial charge in [0.25, 0.3) is 0 Å². The van der Waals surface area contributed by atoms with E-state index in [1.807, 2.05) is 0 Å². The van der Waals surface area contributed by atoms with E-state index in [0.29, 0.717) is 13.0 Å². The highest BCUT2D eigenvalue weighted by molar-refractivity contribution is 6.01. The van der Waals surface area contributed by atoms with Crippen molar-refractivity contribution in [3.05, 3.63) is 12.8 Å². The first-order valence-corrected chi connectivity index (χ1v) is 3.60. The van der Waals surface area contributed by atoms with Crippen LogP contribution in [-0.4, -0.2) is 23.1 Å². The Balaban J connectivity index is 2.70. The van der Waals surface area contributed by atoms with Crippen molar-refractivity contribution in [3.63, 3.8) is 0 Å². The quantitative estimate of drug-likeness (QED) is 0.544. The summed E-state index contributed by atoms with van der Waals surface area (Å²) in [6.07, 6.45) is 2.12. The number of hydrogen-bond donors (Lipinski definition) is 0. The zero-order valence-corrected chi connectivity index (χ0v) is 6.54. The molecule has 0 aromatic heterocycles. The fourth-order valence-corrected chi connectivity index (χ4v) is 1.26. The van der Waals surface area contributed by atoms with Crippen molar-refractivity contribution in [1.82, 2.24) is 4.90 Å². The predicted octanol–water partition coefficient (Wildman–Crippen LogP) is 0.567. The van der Waals surface area contributed by atoms with Crippen molar-refractivity contribution in [1.29, 1.82) is 0 Å². The minimum absolute atomic E-state index is 0.0423. The maximum absolute atomic E-state index is 11.2. The molecule has 1 fully saturated rings. The molecule has 1 rings (SSSR count). The van der Waals surface area contributed by atoms with Crippen LogP contribution in [0.4, 0.5) is 0 Å². The lowest BCUT2D eigenvalue weighted by molar-refractivity contribution is -0.134. The first-order chi connectivity index (χ1) is 5.16. The Kier molecular flexibility index (Phi) is 2.08. The molecule has 1 atom stereocenters. The Hall–Kier alpha value is -1.12. The molecule has 3 heteroatoms. The summed E-state index contributed by atoms with van der Waals surface area (Å²) in [5.41, 5.74) is 0. The van der Waals surface area contributed by atoms with E-state index < -0.39 is 5.92 Å². The Morgan fingerprint density at radius 2 is 2.45 bits per heavy atom. The standard InChI is InChI=1S/C8H11NO2/c1-3-9-5-4-7(6(2)10)8(9)11/h3,7H,1,4-5H2,2H3. The molecule has 0 aromatic rings. The molecule has 0 aromatic carbocycles. The van der Waals surface area contributed by atoms with Crippen LogP contribution in [-0.2, 0) is 9.59 Å². The van der Waals surface area contributed by atoms with Gasteiger partial charge in [0.15, 0.2) is 0 Å². The lowest BCUT2D eigenvalue weighted by atomic mass is 10.0. The first-order valence-electron chi connectivity index (χ1n) is 3.60. The third-order valence-electron chi connectivity index (χ3n) is 1.95.